The molecule has 24 heavy (non-hydrogen) atoms. The van der Waals surface area contributed by atoms with E-state index in [0.717, 1.165) is 45.0 Å². The molecule has 0 spiro atoms. The minimum atomic E-state index is 0. The van der Waals surface area contributed by atoms with Crippen molar-refractivity contribution in [3.05, 3.63) is 11.7 Å². The maximum absolute atomic E-state index is 5.90. The Bertz CT molecular complexity index is 533. The Morgan fingerprint density at radius 2 is 2.17 bits per heavy atom. The van der Waals surface area contributed by atoms with Crippen LogP contribution in [0.15, 0.2) is 9.52 Å². The number of aryl methyl sites for hydroxylation is 1. The molecule has 2 aliphatic rings. The topological polar surface area (TPSA) is 85.0 Å². The first-order valence-corrected chi connectivity index (χ1v) is 8.32. The molecule has 0 aromatic carbocycles. The van der Waals surface area contributed by atoms with Gasteiger partial charge in [0, 0.05) is 33.2 Å². The number of hydrogen-bond acceptors (Lipinski definition) is 6. The second kappa shape index (κ2) is 9.52. The van der Waals surface area contributed by atoms with Gasteiger partial charge in [-0.1, -0.05) is 5.16 Å². The van der Waals surface area contributed by atoms with Crippen LogP contribution in [0.4, 0.5) is 0 Å². The summed E-state index contributed by atoms with van der Waals surface area (Å²) in [7, 11) is 0. The Labute approximate surface area is 159 Å². The summed E-state index contributed by atoms with van der Waals surface area (Å²) in [4.78, 5) is 11.1. The molecule has 2 unspecified atom stereocenters. The quantitative estimate of drug-likeness (QED) is 0.420. The number of hydrogen-bond donors (Lipinski definition) is 1. The van der Waals surface area contributed by atoms with Crippen LogP contribution in [0.1, 0.15) is 31.5 Å². The molecule has 2 atom stereocenters. The average molecular weight is 451 g/mol. The molecule has 0 aliphatic carbocycles. The zero-order valence-corrected chi connectivity index (χ0v) is 16.6. The molecule has 3 heterocycles. The number of nitrogens with one attached hydrogen (secondary N) is 1. The largest absolute Gasteiger partial charge is 0.375 e. The third-order valence-corrected chi connectivity index (χ3v) is 4.05. The molecule has 1 N–H and O–H groups in total. The van der Waals surface area contributed by atoms with E-state index in [2.05, 4.69) is 32.3 Å². The van der Waals surface area contributed by atoms with Crippen molar-refractivity contribution in [3.8, 4) is 0 Å². The van der Waals surface area contributed by atoms with Crippen molar-refractivity contribution in [3.63, 3.8) is 0 Å². The zero-order chi connectivity index (χ0) is 16.1. The zero-order valence-electron chi connectivity index (χ0n) is 14.2. The molecule has 9 heteroatoms. The summed E-state index contributed by atoms with van der Waals surface area (Å²) >= 11 is 0. The van der Waals surface area contributed by atoms with E-state index < -0.39 is 0 Å². The van der Waals surface area contributed by atoms with E-state index in [1.54, 1.807) is 6.92 Å². The van der Waals surface area contributed by atoms with Crippen LogP contribution < -0.4 is 5.32 Å². The minimum absolute atomic E-state index is 0. The number of nitrogens with zero attached hydrogens (tertiary/aromatic N) is 4. The van der Waals surface area contributed by atoms with E-state index in [1.165, 1.54) is 0 Å². The maximum atomic E-state index is 5.90. The molecule has 3 rings (SSSR count). The number of aromatic nitrogens is 2. The van der Waals surface area contributed by atoms with Gasteiger partial charge in [0.15, 0.2) is 11.8 Å². The van der Waals surface area contributed by atoms with Gasteiger partial charge in [0.05, 0.1) is 12.7 Å². The molecule has 1 aromatic rings. The molecule has 0 bridgehead atoms. The number of halogens is 1. The molecular formula is C15H26IN5O3. The van der Waals surface area contributed by atoms with Gasteiger partial charge in [-0.15, -0.1) is 24.0 Å². The lowest BCUT2D eigenvalue weighted by molar-refractivity contribution is -0.0817. The normalized spacial score (nSPS) is 24.8. The van der Waals surface area contributed by atoms with Crippen molar-refractivity contribution >= 4 is 29.9 Å². The summed E-state index contributed by atoms with van der Waals surface area (Å²) in [5, 5.41) is 7.22. The Kier molecular flexibility index (Phi) is 7.69. The van der Waals surface area contributed by atoms with Gasteiger partial charge >= 0.3 is 0 Å². The van der Waals surface area contributed by atoms with Gasteiger partial charge in [0.2, 0.25) is 5.89 Å². The number of guanidine groups is 1. The third kappa shape index (κ3) is 5.03. The van der Waals surface area contributed by atoms with Crippen LogP contribution in [0.25, 0.3) is 0 Å². The van der Waals surface area contributed by atoms with Crippen LogP contribution in [0.5, 0.6) is 0 Å². The third-order valence-electron chi connectivity index (χ3n) is 4.05. The highest BCUT2D eigenvalue weighted by Crippen LogP contribution is 2.21. The fraction of sp³-hybridized carbons (Fsp3) is 0.800. The Morgan fingerprint density at radius 1 is 1.33 bits per heavy atom. The van der Waals surface area contributed by atoms with Gasteiger partial charge < -0.3 is 24.2 Å². The number of ether oxygens (including phenoxy) is 2. The average Bonchev–Trinajstić information content (AvgIpc) is 3.23. The maximum Gasteiger partial charge on any atom is 0.223 e. The van der Waals surface area contributed by atoms with Crippen molar-refractivity contribution in [2.24, 2.45) is 4.99 Å². The highest BCUT2D eigenvalue weighted by atomic mass is 127. The van der Waals surface area contributed by atoms with Crippen molar-refractivity contribution < 1.29 is 14.0 Å². The van der Waals surface area contributed by atoms with E-state index in [-0.39, 0.29) is 36.2 Å². The SMILES string of the molecule is CCNC(=NCc1noc(C)n1)N1CCOC(C2CCCO2)C1.I. The van der Waals surface area contributed by atoms with E-state index >= 15 is 0 Å². The highest BCUT2D eigenvalue weighted by molar-refractivity contribution is 14.0. The lowest BCUT2D eigenvalue weighted by Gasteiger charge is -2.37. The first-order chi connectivity index (χ1) is 11.3. The van der Waals surface area contributed by atoms with Gasteiger partial charge in [-0.3, -0.25) is 0 Å². The molecule has 136 valence electrons. The summed E-state index contributed by atoms with van der Waals surface area (Å²) in [5.41, 5.74) is 0. The van der Waals surface area contributed by atoms with Gasteiger partial charge in [-0.25, -0.2) is 4.99 Å². The molecule has 0 radical (unpaired) electrons. The minimum Gasteiger partial charge on any atom is -0.375 e. The lowest BCUT2D eigenvalue weighted by atomic mass is 10.1. The van der Waals surface area contributed by atoms with E-state index in [4.69, 9.17) is 14.0 Å². The summed E-state index contributed by atoms with van der Waals surface area (Å²) in [5.74, 6) is 2.02. The number of rotatable bonds is 4. The molecule has 2 fully saturated rings. The van der Waals surface area contributed by atoms with Gasteiger partial charge in [0.1, 0.15) is 12.6 Å². The van der Waals surface area contributed by atoms with Gasteiger partial charge in [0.25, 0.3) is 0 Å². The van der Waals surface area contributed by atoms with Crippen LogP contribution in [-0.4, -0.2) is 66.1 Å². The van der Waals surface area contributed by atoms with Crippen LogP contribution in [-0.2, 0) is 16.0 Å². The van der Waals surface area contributed by atoms with Crippen molar-refractivity contribution in [1.82, 2.24) is 20.4 Å². The smallest absolute Gasteiger partial charge is 0.223 e. The predicted octanol–water partition coefficient (Wildman–Crippen LogP) is 1.34. The second-order valence-corrected chi connectivity index (χ2v) is 5.81. The van der Waals surface area contributed by atoms with Crippen LogP contribution in [0, 0.1) is 6.92 Å². The standard InChI is InChI=1S/C15H25N5O3.HI/c1-3-16-15(17-9-14-18-11(2)23-19-14)20-6-8-22-13(10-20)12-5-4-7-21-12;/h12-13H,3-10H2,1-2H3,(H,16,17);1H. The molecule has 0 amide bonds. The van der Waals surface area contributed by atoms with Gasteiger partial charge in [-0.2, -0.15) is 4.98 Å². The van der Waals surface area contributed by atoms with Crippen molar-refractivity contribution in [2.75, 3.05) is 32.8 Å². The molecule has 2 aliphatic heterocycles. The van der Waals surface area contributed by atoms with Crippen molar-refractivity contribution in [2.45, 2.75) is 45.4 Å². The second-order valence-electron chi connectivity index (χ2n) is 5.81. The monoisotopic (exact) mass is 451 g/mol. The van der Waals surface area contributed by atoms with Gasteiger partial charge in [-0.05, 0) is 19.8 Å². The summed E-state index contributed by atoms with van der Waals surface area (Å²) in [6.07, 6.45) is 2.52. The van der Waals surface area contributed by atoms with Crippen LogP contribution >= 0.6 is 24.0 Å². The Morgan fingerprint density at radius 3 is 2.83 bits per heavy atom. The van der Waals surface area contributed by atoms with Crippen LogP contribution in [0.2, 0.25) is 0 Å². The molecule has 8 nitrogen and oxygen atoms in total. The molecule has 1 aromatic heterocycles. The summed E-state index contributed by atoms with van der Waals surface area (Å²) in [6.45, 7) is 8.20. The first-order valence-electron chi connectivity index (χ1n) is 8.32. The predicted molar refractivity (Wildman–Crippen MR) is 99.6 cm³/mol. The lowest BCUT2D eigenvalue weighted by Crippen LogP contribution is -2.53. The summed E-state index contributed by atoms with van der Waals surface area (Å²) < 4.78 is 16.7. The Balaban J connectivity index is 0.00000208. The highest BCUT2D eigenvalue weighted by Gasteiger charge is 2.32. The Hall–Kier alpha value is -0.940. The molecule has 2 saturated heterocycles. The first kappa shape index (κ1) is 19.4. The fourth-order valence-electron chi connectivity index (χ4n) is 2.97. The number of aliphatic imine (C=N–C) groups is 1. The van der Waals surface area contributed by atoms with E-state index in [0.29, 0.717) is 24.9 Å². The number of morpholine rings is 1. The van der Waals surface area contributed by atoms with E-state index in [1.807, 2.05) is 0 Å². The molecule has 0 saturated carbocycles. The van der Waals surface area contributed by atoms with Crippen molar-refractivity contribution in [1.29, 1.82) is 0 Å². The summed E-state index contributed by atoms with van der Waals surface area (Å²) in [6, 6.07) is 0. The fourth-order valence-corrected chi connectivity index (χ4v) is 2.97. The molecular weight excluding hydrogens is 425 g/mol. The van der Waals surface area contributed by atoms with Crippen LogP contribution in [0.3, 0.4) is 0 Å². The van der Waals surface area contributed by atoms with E-state index in [9.17, 15) is 0 Å².